The maximum Gasteiger partial charge on any atom is 0.332 e. The number of halogens is 1. The summed E-state index contributed by atoms with van der Waals surface area (Å²) >= 11 is 3.47. The van der Waals surface area contributed by atoms with E-state index in [4.69, 9.17) is 9.57 Å². The van der Waals surface area contributed by atoms with E-state index in [1.165, 1.54) is 19.3 Å². The quantitative estimate of drug-likeness (QED) is 0.792. The van der Waals surface area contributed by atoms with Gasteiger partial charge in [-0.1, -0.05) is 47.3 Å². The Morgan fingerprint density at radius 2 is 1.78 bits per heavy atom. The van der Waals surface area contributed by atoms with Crippen LogP contribution in [0.1, 0.15) is 43.6 Å². The molecule has 1 aliphatic heterocycles. The van der Waals surface area contributed by atoms with E-state index in [1.54, 1.807) is 5.06 Å². The largest absolute Gasteiger partial charge is 0.379 e. The Morgan fingerprint density at radius 1 is 1.13 bits per heavy atom. The van der Waals surface area contributed by atoms with Crippen molar-refractivity contribution in [2.24, 2.45) is 5.92 Å². The predicted octanol–water partition coefficient (Wildman–Crippen LogP) is 3.90. The van der Waals surface area contributed by atoms with Crippen LogP contribution < -0.4 is 0 Å². The van der Waals surface area contributed by atoms with Crippen molar-refractivity contribution in [2.75, 3.05) is 26.3 Å². The van der Waals surface area contributed by atoms with Crippen LogP contribution in [0.25, 0.3) is 0 Å². The van der Waals surface area contributed by atoms with Gasteiger partial charge >= 0.3 is 5.97 Å². The Labute approximate surface area is 146 Å². The molecule has 126 valence electrons. The van der Waals surface area contributed by atoms with Crippen molar-refractivity contribution in [1.29, 1.82) is 0 Å². The second-order valence-electron chi connectivity index (χ2n) is 6.38. The molecule has 3 rings (SSSR count). The van der Waals surface area contributed by atoms with E-state index in [2.05, 4.69) is 15.9 Å². The van der Waals surface area contributed by atoms with Crippen LogP contribution in [-0.2, 0) is 14.4 Å². The van der Waals surface area contributed by atoms with Crippen molar-refractivity contribution in [2.45, 2.75) is 38.0 Å². The molecule has 1 saturated carbocycles. The molecule has 0 spiro atoms. The molecule has 1 aromatic rings. The molecule has 1 unspecified atom stereocenters. The maximum absolute atomic E-state index is 12.9. The third-order valence-electron chi connectivity index (χ3n) is 4.79. The fourth-order valence-corrected chi connectivity index (χ4v) is 3.82. The normalized spacial score (nSPS) is 21.8. The summed E-state index contributed by atoms with van der Waals surface area (Å²) in [6.07, 6.45) is 5.92. The van der Waals surface area contributed by atoms with Crippen LogP contribution in [0.4, 0.5) is 0 Å². The Kier molecular flexibility index (Phi) is 6.08. The average molecular weight is 382 g/mol. The SMILES string of the molecule is O=C(ON1CCOCC1)C(c1ccc(Br)cc1)C1CCCCC1. The summed E-state index contributed by atoms with van der Waals surface area (Å²) in [5.74, 6) is 0.117. The summed E-state index contributed by atoms with van der Waals surface area (Å²) in [6, 6.07) is 8.11. The highest BCUT2D eigenvalue weighted by Gasteiger charge is 2.33. The van der Waals surface area contributed by atoms with E-state index in [0.717, 1.165) is 22.9 Å². The second kappa shape index (κ2) is 8.27. The molecule has 2 fully saturated rings. The zero-order chi connectivity index (χ0) is 16.1. The Hall–Kier alpha value is -0.910. The number of ether oxygens (including phenoxy) is 1. The minimum absolute atomic E-state index is 0.110. The van der Waals surface area contributed by atoms with E-state index in [1.807, 2.05) is 24.3 Å². The molecule has 4 nitrogen and oxygen atoms in total. The molecule has 1 saturated heterocycles. The lowest BCUT2D eigenvalue weighted by atomic mass is 9.77. The molecule has 0 amide bonds. The first-order chi connectivity index (χ1) is 11.2. The van der Waals surface area contributed by atoms with Crippen molar-refractivity contribution in [3.05, 3.63) is 34.3 Å². The van der Waals surface area contributed by atoms with Gasteiger partial charge in [-0.2, -0.15) is 0 Å². The molecule has 0 aromatic heterocycles. The smallest absolute Gasteiger partial charge is 0.332 e. The van der Waals surface area contributed by atoms with Crippen molar-refractivity contribution in [3.63, 3.8) is 0 Å². The molecule has 23 heavy (non-hydrogen) atoms. The highest BCUT2D eigenvalue weighted by atomic mass is 79.9. The second-order valence-corrected chi connectivity index (χ2v) is 7.29. The highest BCUT2D eigenvalue weighted by molar-refractivity contribution is 9.10. The van der Waals surface area contributed by atoms with Crippen molar-refractivity contribution < 1.29 is 14.4 Å². The summed E-state index contributed by atoms with van der Waals surface area (Å²) < 4.78 is 6.35. The van der Waals surface area contributed by atoms with E-state index in [-0.39, 0.29) is 11.9 Å². The zero-order valence-corrected chi connectivity index (χ0v) is 15.0. The van der Waals surface area contributed by atoms with Gasteiger partial charge in [0.25, 0.3) is 0 Å². The summed E-state index contributed by atoms with van der Waals surface area (Å²) in [5.41, 5.74) is 1.07. The molecular weight excluding hydrogens is 358 g/mol. The number of carbonyl (C=O) groups excluding carboxylic acids is 1. The van der Waals surface area contributed by atoms with Gasteiger partial charge in [-0.3, -0.25) is 0 Å². The fourth-order valence-electron chi connectivity index (χ4n) is 3.56. The van der Waals surface area contributed by atoms with Crippen LogP contribution in [0.2, 0.25) is 0 Å². The number of hydrogen-bond acceptors (Lipinski definition) is 4. The van der Waals surface area contributed by atoms with Gasteiger partial charge in [0.1, 0.15) is 0 Å². The first-order valence-corrected chi connectivity index (χ1v) is 9.33. The first kappa shape index (κ1) is 16.9. The Morgan fingerprint density at radius 3 is 2.43 bits per heavy atom. The number of benzene rings is 1. The van der Waals surface area contributed by atoms with Crippen LogP contribution in [0.15, 0.2) is 28.7 Å². The highest BCUT2D eigenvalue weighted by Crippen LogP contribution is 2.37. The third kappa shape index (κ3) is 4.55. The molecule has 1 atom stereocenters. The summed E-state index contributed by atoms with van der Waals surface area (Å²) in [4.78, 5) is 18.6. The van der Waals surface area contributed by atoms with E-state index in [0.29, 0.717) is 32.2 Å². The van der Waals surface area contributed by atoms with Crippen molar-refractivity contribution >= 4 is 21.9 Å². The first-order valence-electron chi connectivity index (χ1n) is 8.54. The lowest BCUT2D eigenvalue weighted by Gasteiger charge is -2.32. The number of carbonyl (C=O) groups is 1. The van der Waals surface area contributed by atoms with Crippen LogP contribution in [0, 0.1) is 5.92 Å². The third-order valence-corrected chi connectivity index (χ3v) is 5.32. The van der Waals surface area contributed by atoms with E-state index in [9.17, 15) is 4.79 Å². The molecule has 1 aromatic carbocycles. The van der Waals surface area contributed by atoms with E-state index >= 15 is 0 Å². The van der Waals surface area contributed by atoms with Gasteiger partial charge in [-0.25, -0.2) is 4.79 Å². The topological polar surface area (TPSA) is 38.8 Å². The lowest BCUT2D eigenvalue weighted by Crippen LogP contribution is -2.40. The number of hydrogen-bond donors (Lipinski definition) is 0. The maximum atomic E-state index is 12.9. The molecule has 2 aliphatic rings. The fraction of sp³-hybridized carbons (Fsp3) is 0.611. The van der Waals surface area contributed by atoms with Gasteiger partial charge in [0, 0.05) is 4.47 Å². The van der Waals surface area contributed by atoms with Gasteiger partial charge in [-0.15, -0.1) is 5.06 Å². The molecular formula is C18H24BrNO3. The summed E-state index contributed by atoms with van der Waals surface area (Å²) in [6.45, 7) is 2.56. The van der Waals surface area contributed by atoms with Gasteiger partial charge in [0.15, 0.2) is 0 Å². The lowest BCUT2D eigenvalue weighted by molar-refractivity contribution is -0.208. The minimum atomic E-state index is -0.161. The molecule has 0 bridgehead atoms. The van der Waals surface area contributed by atoms with Gasteiger partial charge in [0.2, 0.25) is 0 Å². The van der Waals surface area contributed by atoms with Crippen LogP contribution >= 0.6 is 15.9 Å². The molecule has 0 radical (unpaired) electrons. The predicted molar refractivity (Wildman–Crippen MR) is 91.9 cm³/mol. The summed E-state index contributed by atoms with van der Waals surface area (Å²) in [5, 5.41) is 1.75. The standard InChI is InChI=1S/C18H24BrNO3/c19-16-8-6-15(7-9-16)17(14-4-2-1-3-5-14)18(21)23-20-10-12-22-13-11-20/h6-9,14,17H,1-5,10-13H2. The van der Waals surface area contributed by atoms with Crippen molar-refractivity contribution in [1.82, 2.24) is 5.06 Å². The van der Waals surface area contributed by atoms with Gasteiger partial charge in [-0.05, 0) is 36.5 Å². The number of nitrogens with zero attached hydrogens (tertiary/aromatic N) is 1. The monoisotopic (exact) mass is 381 g/mol. The van der Waals surface area contributed by atoms with E-state index < -0.39 is 0 Å². The number of morpholine rings is 1. The molecule has 0 N–H and O–H groups in total. The number of hydroxylamine groups is 2. The molecule has 1 aliphatic carbocycles. The van der Waals surface area contributed by atoms with Crippen LogP contribution in [0.3, 0.4) is 0 Å². The molecule has 5 heteroatoms. The van der Waals surface area contributed by atoms with Gasteiger partial charge in [0.05, 0.1) is 32.2 Å². The van der Waals surface area contributed by atoms with Crippen LogP contribution in [-0.4, -0.2) is 37.3 Å². The van der Waals surface area contributed by atoms with Gasteiger partial charge < -0.3 is 9.57 Å². The average Bonchev–Trinajstić information content (AvgIpc) is 2.59. The van der Waals surface area contributed by atoms with Crippen LogP contribution in [0.5, 0.6) is 0 Å². The minimum Gasteiger partial charge on any atom is -0.379 e. The Balaban J connectivity index is 1.75. The molecule has 1 heterocycles. The zero-order valence-electron chi connectivity index (χ0n) is 13.4. The van der Waals surface area contributed by atoms with Crippen molar-refractivity contribution in [3.8, 4) is 0 Å². The Bertz CT molecular complexity index is 508. The number of rotatable bonds is 4. The summed E-state index contributed by atoms with van der Waals surface area (Å²) in [7, 11) is 0.